The molecule has 0 aromatic heterocycles. The van der Waals surface area contributed by atoms with E-state index in [-0.39, 0.29) is 31.1 Å². The van der Waals surface area contributed by atoms with Crippen molar-refractivity contribution in [1.29, 1.82) is 0 Å². The molecule has 0 spiro atoms. The number of carbonyl (C=O) groups excluding carboxylic acids is 2. The van der Waals surface area contributed by atoms with Gasteiger partial charge in [0, 0.05) is 31.7 Å². The van der Waals surface area contributed by atoms with Crippen LogP contribution in [0.25, 0.3) is 0 Å². The van der Waals surface area contributed by atoms with Gasteiger partial charge in [0.15, 0.2) is 0 Å². The van der Waals surface area contributed by atoms with E-state index < -0.39 is 42.5 Å². The second kappa shape index (κ2) is 17.8. The first-order valence-electron chi connectivity index (χ1n) is 14.7. The van der Waals surface area contributed by atoms with E-state index in [0.29, 0.717) is 19.4 Å². The zero-order chi connectivity index (χ0) is 31.1. The van der Waals surface area contributed by atoms with Gasteiger partial charge in [-0.2, -0.15) is 0 Å². The zero-order valence-corrected chi connectivity index (χ0v) is 25.5. The van der Waals surface area contributed by atoms with Crippen molar-refractivity contribution in [2.75, 3.05) is 26.2 Å². The second-order valence-corrected chi connectivity index (χ2v) is 12.0. The summed E-state index contributed by atoms with van der Waals surface area (Å²) in [5.74, 6) is -0.342. The largest absolute Gasteiger partial charge is 0.444 e. The molecule has 0 aliphatic heterocycles. The van der Waals surface area contributed by atoms with Gasteiger partial charge in [-0.05, 0) is 50.7 Å². The molecule has 2 amide bonds. The van der Waals surface area contributed by atoms with Crippen LogP contribution in [-0.4, -0.2) is 89.5 Å². The monoisotopic (exact) mass is 586 g/mol. The van der Waals surface area contributed by atoms with Crippen molar-refractivity contribution in [3.05, 3.63) is 71.8 Å². The Morgan fingerprint density at radius 1 is 0.762 bits per heavy atom. The molecule has 234 valence electrons. The molecule has 0 unspecified atom stereocenters. The number of aliphatic hydroxyl groups excluding tert-OH is 3. The third kappa shape index (κ3) is 13.8. The highest BCUT2D eigenvalue weighted by Gasteiger charge is 2.27. The first-order chi connectivity index (χ1) is 19.9. The molecule has 0 aliphatic carbocycles. The number of hydrogen-bond acceptors (Lipinski definition) is 8. The molecular formula is C32H50N4O6. The Balaban J connectivity index is 2.04. The van der Waals surface area contributed by atoms with Gasteiger partial charge < -0.3 is 41.3 Å². The van der Waals surface area contributed by atoms with Crippen molar-refractivity contribution < 1.29 is 29.6 Å². The Kier molecular flexibility index (Phi) is 14.9. The highest BCUT2D eigenvalue weighted by atomic mass is 16.6. The molecule has 10 nitrogen and oxygen atoms in total. The summed E-state index contributed by atoms with van der Waals surface area (Å²) in [6.45, 7) is 9.43. The number of alkyl carbamates (subject to hydrolysis) is 1. The summed E-state index contributed by atoms with van der Waals surface area (Å²) < 4.78 is 5.41. The van der Waals surface area contributed by atoms with Crippen LogP contribution in [-0.2, 0) is 22.4 Å². The van der Waals surface area contributed by atoms with Crippen molar-refractivity contribution >= 4 is 12.0 Å². The van der Waals surface area contributed by atoms with Gasteiger partial charge in [-0.15, -0.1) is 0 Å². The molecule has 0 bridgehead atoms. The minimum atomic E-state index is -0.954. The van der Waals surface area contributed by atoms with Crippen LogP contribution in [0.3, 0.4) is 0 Å². The van der Waals surface area contributed by atoms with Crippen LogP contribution in [0.15, 0.2) is 60.7 Å². The molecular weight excluding hydrogens is 536 g/mol. The molecule has 0 saturated heterocycles. The molecule has 0 fully saturated rings. The Labute approximate surface area is 250 Å². The van der Waals surface area contributed by atoms with Crippen molar-refractivity contribution in [1.82, 2.24) is 21.3 Å². The highest BCUT2D eigenvalue weighted by molar-refractivity contribution is 5.77. The van der Waals surface area contributed by atoms with E-state index in [1.807, 2.05) is 74.5 Å². The third-order valence-electron chi connectivity index (χ3n) is 6.83. The van der Waals surface area contributed by atoms with E-state index in [4.69, 9.17) is 9.84 Å². The Morgan fingerprint density at radius 3 is 1.74 bits per heavy atom. The van der Waals surface area contributed by atoms with E-state index >= 15 is 0 Å². The summed E-state index contributed by atoms with van der Waals surface area (Å²) in [6, 6.07) is 18.2. The van der Waals surface area contributed by atoms with Crippen LogP contribution < -0.4 is 21.3 Å². The van der Waals surface area contributed by atoms with Gasteiger partial charge in [-0.25, -0.2) is 4.79 Å². The Hall–Kier alpha value is -3.02. The summed E-state index contributed by atoms with van der Waals surface area (Å²) in [5, 5.41) is 43.6. The lowest BCUT2D eigenvalue weighted by Gasteiger charge is -2.30. The van der Waals surface area contributed by atoms with E-state index in [9.17, 15) is 19.8 Å². The summed E-state index contributed by atoms with van der Waals surface area (Å²) in [4.78, 5) is 24.3. The lowest BCUT2D eigenvalue weighted by Crippen LogP contribution is -2.54. The maximum atomic E-state index is 12.5. The molecule has 5 atom stereocenters. The zero-order valence-electron chi connectivity index (χ0n) is 25.5. The van der Waals surface area contributed by atoms with E-state index in [2.05, 4.69) is 21.3 Å². The van der Waals surface area contributed by atoms with Gasteiger partial charge >= 0.3 is 6.09 Å². The van der Waals surface area contributed by atoms with Gasteiger partial charge in [0.2, 0.25) is 5.91 Å². The summed E-state index contributed by atoms with van der Waals surface area (Å²) in [7, 11) is 0. The van der Waals surface area contributed by atoms with Crippen LogP contribution in [0.4, 0.5) is 4.79 Å². The lowest BCUT2D eigenvalue weighted by atomic mass is 9.98. The number of hydrogen-bond donors (Lipinski definition) is 7. The molecule has 42 heavy (non-hydrogen) atoms. The molecule has 0 radical (unpaired) electrons. The van der Waals surface area contributed by atoms with Gasteiger partial charge in [0.05, 0.1) is 18.2 Å². The molecule has 10 heteroatoms. The minimum Gasteiger partial charge on any atom is -0.444 e. The van der Waals surface area contributed by atoms with Crippen LogP contribution in [0.1, 0.15) is 45.7 Å². The van der Waals surface area contributed by atoms with Gasteiger partial charge in [0.1, 0.15) is 12.2 Å². The topological polar surface area (TPSA) is 152 Å². The molecule has 0 heterocycles. The predicted molar refractivity (Wildman–Crippen MR) is 164 cm³/mol. The minimum absolute atomic E-state index is 0.106. The fourth-order valence-corrected chi connectivity index (χ4v) is 4.47. The van der Waals surface area contributed by atoms with Gasteiger partial charge in [-0.1, -0.05) is 74.5 Å². The average molecular weight is 587 g/mol. The standard InChI is InChI=1S/C32H50N4O6/c1-22(2)27(35-30(40)21-37)18-34-25(16-23-12-8-6-9-13-23)28(38)19-33-20-29(39)26(17-24-14-10-7-11-15-24)36-31(41)42-32(3,4)5/h6-15,22,25-29,33-34,37-39H,16-21H2,1-5H3,(H,35,40)(H,36,41)/t25-,26-,27+,28+,29+/m0/s1. The van der Waals surface area contributed by atoms with Crippen LogP contribution in [0.5, 0.6) is 0 Å². The number of rotatable bonds is 17. The smallest absolute Gasteiger partial charge is 0.407 e. The first kappa shape index (κ1) is 35.2. The first-order valence-corrected chi connectivity index (χ1v) is 14.7. The number of aliphatic hydroxyl groups is 3. The summed E-state index contributed by atoms with van der Waals surface area (Å²) in [5.41, 5.74) is 1.32. The quantitative estimate of drug-likeness (QED) is 0.148. The summed E-state index contributed by atoms with van der Waals surface area (Å²) in [6.07, 6.45) is -1.45. The normalized spacial score (nSPS) is 15.4. The van der Waals surface area contributed by atoms with Crippen molar-refractivity contribution in [3.63, 3.8) is 0 Å². The fraction of sp³-hybridized carbons (Fsp3) is 0.562. The third-order valence-corrected chi connectivity index (χ3v) is 6.83. The van der Waals surface area contributed by atoms with E-state index in [0.717, 1.165) is 11.1 Å². The van der Waals surface area contributed by atoms with Crippen LogP contribution >= 0.6 is 0 Å². The molecule has 0 saturated carbocycles. The Morgan fingerprint density at radius 2 is 1.26 bits per heavy atom. The number of ether oxygens (including phenoxy) is 1. The number of amides is 2. The van der Waals surface area contributed by atoms with Gasteiger partial charge in [0.25, 0.3) is 0 Å². The van der Waals surface area contributed by atoms with Crippen LogP contribution in [0.2, 0.25) is 0 Å². The lowest BCUT2D eigenvalue weighted by molar-refractivity contribution is -0.124. The molecule has 7 N–H and O–H groups in total. The maximum Gasteiger partial charge on any atom is 0.407 e. The maximum absolute atomic E-state index is 12.5. The number of benzene rings is 2. The second-order valence-electron chi connectivity index (χ2n) is 12.0. The fourth-order valence-electron chi connectivity index (χ4n) is 4.47. The SMILES string of the molecule is CC(C)[C@@H](CN[C@@H](Cc1ccccc1)[C@H](O)CNC[C@@H](O)[C@H](Cc1ccccc1)NC(=O)OC(C)(C)C)NC(=O)CO. The van der Waals surface area contributed by atoms with E-state index in [1.54, 1.807) is 20.8 Å². The Bertz CT molecular complexity index is 1050. The van der Waals surface area contributed by atoms with Gasteiger partial charge in [-0.3, -0.25) is 4.79 Å². The molecule has 0 aliphatic rings. The summed E-state index contributed by atoms with van der Waals surface area (Å²) >= 11 is 0. The molecule has 2 aromatic rings. The van der Waals surface area contributed by atoms with Crippen molar-refractivity contribution in [3.8, 4) is 0 Å². The number of carbonyl (C=O) groups is 2. The van der Waals surface area contributed by atoms with E-state index in [1.165, 1.54) is 0 Å². The average Bonchev–Trinajstić information content (AvgIpc) is 2.93. The molecule has 2 aromatic carbocycles. The highest BCUT2D eigenvalue weighted by Crippen LogP contribution is 2.11. The molecule has 2 rings (SSSR count). The predicted octanol–water partition coefficient (Wildman–Crippen LogP) is 1.77. The van der Waals surface area contributed by atoms with Crippen molar-refractivity contribution in [2.24, 2.45) is 5.92 Å². The number of nitrogens with one attached hydrogen (secondary N) is 4. The van der Waals surface area contributed by atoms with Crippen molar-refractivity contribution in [2.45, 2.75) is 83.4 Å². The van der Waals surface area contributed by atoms with Crippen LogP contribution in [0, 0.1) is 5.92 Å².